The highest BCUT2D eigenvalue weighted by Gasteiger charge is 2.50. The Morgan fingerprint density at radius 1 is 1.34 bits per heavy atom. The molecule has 1 N–H and O–H groups in total. The number of aromatic nitrogens is 3. The van der Waals surface area contributed by atoms with Gasteiger partial charge in [0.15, 0.2) is 0 Å². The summed E-state index contributed by atoms with van der Waals surface area (Å²) in [6, 6.07) is -0.0283. The van der Waals surface area contributed by atoms with Crippen molar-refractivity contribution in [3.63, 3.8) is 0 Å². The second-order valence-electron chi connectivity index (χ2n) is 10.7. The maximum absolute atomic E-state index is 14.1. The molecular formula is C24H32F3N5O4S2. The molecule has 1 amide bonds. The van der Waals surface area contributed by atoms with Crippen LogP contribution in [0.15, 0.2) is 6.20 Å². The number of halogens is 3. The van der Waals surface area contributed by atoms with E-state index in [4.69, 9.17) is 4.74 Å². The minimum atomic E-state index is -4.62. The molecule has 3 aliphatic rings. The van der Waals surface area contributed by atoms with Gasteiger partial charge in [-0.15, -0.1) is 16.4 Å². The summed E-state index contributed by atoms with van der Waals surface area (Å²) in [6.07, 6.45) is 1.53. The lowest BCUT2D eigenvalue weighted by Crippen LogP contribution is -2.50. The number of ether oxygens (including phenoxy) is 1. The molecule has 9 nitrogen and oxygen atoms in total. The van der Waals surface area contributed by atoms with Gasteiger partial charge in [-0.1, -0.05) is 5.21 Å². The maximum Gasteiger partial charge on any atom is 0.426 e. The molecule has 1 saturated heterocycles. The largest absolute Gasteiger partial charge is 0.426 e. The average molecular weight is 576 g/mol. The van der Waals surface area contributed by atoms with Gasteiger partial charge in [0, 0.05) is 43.0 Å². The molecule has 38 heavy (non-hydrogen) atoms. The molecule has 0 bridgehead atoms. The molecule has 4 heterocycles. The fourth-order valence-corrected chi connectivity index (χ4v) is 7.30. The average Bonchev–Trinajstić information content (AvgIpc) is 3.39. The zero-order valence-corrected chi connectivity index (χ0v) is 23.0. The Bertz CT molecular complexity index is 1300. The number of carbonyl (C=O) groups excluding carboxylic acids is 1. The van der Waals surface area contributed by atoms with Crippen LogP contribution in [0.5, 0.6) is 0 Å². The first-order valence-corrected chi connectivity index (χ1v) is 15.7. The van der Waals surface area contributed by atoms with E-state index in [-0.39, 0.29) is 36.9 Å². The second-order valence-corrected chi connectivity index (χ2v) is 14.0. The van der Waals surface area contributed by atoms with Crippen LogP contribution in [-0.4, -0.2) is 72.0 Å². The van der Waals surface area contributed by atoms with Crippen LogP contribution in [0.1, 0.15) is 64.0 Å². The summed E-state index contributed by atoms with van der Waals surface area (Å²) in [7, 11) is -3.12. The molecule has 0 unspecified atom stereocenters. The number of thiophene rings is 1. The van der Waals surface area contributed by atoms with Crippen LogP contribution in [0.3, 0.4) is 0 Å². The number of sulfone groups is 1. The van der Waals surface area contributed by atoms with Crippen molar-refractivity contribution in [1.29, 1.82) is 0 Å². The van der Waals surface area contributed by atoms with Crippen LogP contribution in [0, 0.1) is 5.92 Å². The molecule has 1 saturated carbocycles. The van der Waals surface area contributed by atoms with Gasteiger partial charge in [0.1, 0.15) is 20.3 Å². The first-order valence-electron chi connectivity index (χ1n) is 12.8. The predicted octanol–water partition coefficient (Wildman–Crippen LogP) is 3.00. The predicted molar refractivity (Wildman–Crippen MR) is 135 cm³/mol. The Balaban J connectivity index is 1.33. The van der Waals surface area contributed by atoms with E-state index in [9.17, 15) is 26.4 Å². The molecule has 0 aromatic carbocycles. The van der Waals surface area contributed by atoms with Gasteiger partial charge in [-0.05, 0) is 50.5 Å². The summed E-state index contributed by atoms with van der Waals surface area (Å²) >= 11 is 0.666. The van der Waals surface area contributed by atoms with Crippen molar-refractivity contribution < 1.29 is 31.1 Å². The van der Waals surface area contributed by atoms with Gasteiger partial charge in [-0.3, -0.25) is 14.4 Å². The zero-order valence-electron chi connectivity index (χ0n) is 21.4. The van der Waals surface area contributed by atoms with Crippen molar-refractivity contribution in [1.82, 2.24) is 25.2 Å². The number of piperidine rings is 1. The highest BCUT2D eigenvalue weighted by Crippen LogP contribution is 2.51. The van der Waals surface area contributed by atoms with Crippen LogP contribution >= 0.6 is 11.3 Å². The number of aryl methyl sites for hydroxylation is 1. The van der Waals surface area contributed by atoms with Crippen LogP contribution in [0.2, 0.25) is 0 Å². The van der Waals surface area contributed by atoms with Crippen LogP contribution < -0.4 is 5.32 Å². The van der Waals surface area contributed by atoms with E-state index in [2.05, 4.69) is 20.5 Å². The fourth-order valence-electron chi connectivity index (χ4n) is 5.39. The molecule has 2 aromatic rings. The van der Waals surface area contributed by atoms with Crippen molar-refractivity contribution in [2.75, 3.05) is 31.7 Å². The van der Waals surface area contributed by atoms with E-state index in [1.54, 1.807) is 6.20 Å². The highest BCUT2D eigenvalue weighted by atomic mass is 32.2. The third-order valence-corrected chi connectivity index (χ3v) is 9.96. The number of likely N-dealkylation sites (tertiary alicyclic amines) is 1. The number of amides is 1. The van der Waals surface area contributed by atoms with Gasteiger partial charge in [0.2, 0.25) is 0 Å². The number of fused-ring (bicyclic) bond motifs is 2. The van der Waals surface area contributed by atoms with E-state index in [1.807, 2.05) is 6.92 Å². The summed E-state index contributed by atoms with van der Waals surface area (Å²) in [5, 5.41) is 10.9. The number of rotatable bonds is 8. The third kappa shape index (κ3) is 5.92. The molecule has 5 rings (SSSR count). The van der Waals surface area contributed by atoms with E-state index < -0.39 is 32.4 Å². The SMILES string of the molecule is C[C@H]1C[C@@]2(CCN1Cc1cn(CCS(C)(=O)=O)nn1)OCCc1c2sc(C(F)(F)F)c1C(=O)NCC1CC1. The molecule has 1 spiro atoms. The standard InChI is InChI=1S/C24H32F3N5O4S2/c1-15-11-23(6-7-31(15)13-17-14-32(30-29-17)8-10-38(2,34)35)20-18(5-9-36-23)19(21(37-20)24(25,26)27)22(33)28-12-16-3-4-16/h14-16H,3-13H2,1-2H3,(H,28,33)/t15-,23+/m0/s1. The lowest BCUT2D eigenvalue weighted by molar-refractivity contribution is -0.134. The Hall–Kier alpha value is -2.03. The van der Waals surface area contributed by atoms with Gasteiger partial charge in [0.05, 0.1) is 30.2 Å². The molecule has 2 fully saturated rings. The van der Waals surface area contributed by atoms with Gasteiger partial charge < -0.3 is 10.1 Å². The van der Waals surface area contributed by atoms with Crippen molar-refractivity contribution in [2.45, 2.75) is 69.9 Å². The molecule has 2 atom stereocenters. The Morgan fingerprint density at radius 2 is 2.11 bits per heavy atom. The number of carbonyl (C=O) groups is 1. The number of nitrogens with zero attached hydrogens (tertiary/aromatic N) is 4. The summed E-state index contributed by atoms with van der Waals surface area (Å²) in [6.45, 7) is 3.96. The molecule has 14 heteroatoms. The Morgan fingerprint density at radius 3 is 2.76 bits per heavy atom. The minimum absolute atomic E-state index is 0.0283. The number of hydrogen-bond acceptors (Lipinski definition) is 8. The lowest BCUT2D eigenvalue weighted by Gasteiger charge is -2.47. The molecule has 2 aromatic heterocycles. The zero-order chi connectivity index (χ0) is 27.3. The van der Waals surface area contributed by atoms with Gasteiger partial charge in [-0.2, -0.15) is 13.2 Å². The van der Waals surface area contributed by atoms with Crippen molar-refractivity contribution in [2.24, 2.45) is 5.92 Å². The van der Waals surface area contributed by atoms with Crippen molar-refractivity contribution >= 4 is 27.1 Å². The molecule has 210 valence electrons. The van der Waals surface area contributed by atoms with Crippen molar-refractivity contribution in [3.8, 4) is 0 Å². The summed E-state index contributed by atoms with van der Waals surface area (Å²) < 4.78 is 72.9. The summed E-state index contributed by atoms with van der Waals surface area (Å²) in [5.41, 5.74) is 0.0885. The topological polar surface area (TPSA) is 106 Å². The van der Waals surface area contributed by atoms with Crippen LogP contribution in [-0.2, 0) is 45.9 Å². The smallest absolute Gasteiger partial charge is 0.369 e. The van der Waals surface area contributed by atoms with E-state index >= 15 is 0 Å². The second kappa shape index (κ2) is 10.2. The van der Waals surface area contributed by atoms with Crippen molar-refractivity contribution in [3.05, 3.63) is 32.8 Å². The quantitative estimate of drug-likeness (QED) is 0.516. The first kappa shape index (κ1) is 27.5. The lowest BCUT2D eigenvalue weighted by atomic mass is 9.81. The summed E-state index contributed by atoms with van der Waals surface area (Å²) in [4.78, 5) is 14.8. The first-order chi connectivity index (χ1) is 17.8. The van der Waals surface area contributed by atoms with Crippen LogP contribution in [0.25, 0.3) is 0 Å². The maximum atomic E-state index is 14.1. The van der Waals surface area contributed by atoms with Gasteiger partial charge in [0.25, 0.3) is 5.91 Å². The van der Waals surface area contributed by atoms with E-state index in [0.717, 1.165) is 12.8 Å². The number of alkyl halides is 3. The highest BCUT2D eigenvalue weighted by molar-refractivity contribution is 7.90. The van der Waals surface area contributed by atoms with Crippen LogP contribution in [0.4, 0.5) is 13.2 Å². The van der Waals surface area contributed by atoms with Gasteiger partial charge >= 0.3 is 6.18 Å². The molecule has 2 aliphatic heterocycles. The fraction of sp³-hybridized carbons (Fsp3) is 0.708. The monoisotopic (exact) mass is 575 g/mol. The van der Waals surface area contributed by atoms with Gasteiger partial charge in [-0.25, -0.2) is 8.42 Å². The Labute approximate surface area is 223 Å². The molecule has 0 radical (unpaired) electrons. The number of nitrogens with one attached hydrogen (secondary N) is 1. The normalized spacial score (nSPS) is 24.5. The molecule has 1 aliphatic carbocycles. The Kier molecular flexibility index (Phi) is 7.37. The third-order valence-electron chi connectivity index (χ3n) is 7.58. The van der Waals surface area contributed by atoms with E-state index in [1.165, 1.54) is 10.9 Å². The van der Waals surface area contributed by atoms with E-state index in [0.29, 0.717) is 65.9 Å². The minimum Gasteiger partial charge on any atom is -0.369 e. The number of hydrogen-bond donors (Lipinski definition) is 1. The molecular weight excluding hydrogens is 543 g/mol. The summed E-state index contributed by atoms with van der Waals surface area (Å²) in [5.74, 6) is -0.300.